The monoisotopic (exact) mass is 1040 g/mol. The Bertz CT molecular complexity index is 1520. The van der Waals surface area contributed by atoms with Crippen LogP contribution >= 0.6 is 0 Å². The van der Waals surface area contributed by atoms with Crippen LogP contribution in [0.2, 0.25) is 0 Å². The van der Waals surface area contributed by atoms with Gasteiger partial charge in [-0.2, -0.15) is 0 Å². The smallest absolute Gasteiger partial charge is 0.306 e. The third kappa shape index (κ3) is 38.4. The summed E-state index contributed by atoms with van der Waals surface area (Å²) in [5, 5.41) is 56.9. The molecule has 426 valence electrons. The van der Waals surface area contributed by atoms with Gasteiger partial charge in [0, 0.05) is 6.42 Å². The Morgan fingerprint density at radius 2 is 1.03 bits per heavy atom. The third-order valence-electron chi connectivity index (χ3n) is 13.6. The van der Waals surface area contributed by atoms with E-state index in [9.17, 15) is 35.1 Å². The van der Waals surface area contributed by atoms with Crippen LogP contribution in [0.3, 0.4) is 0 Å². The SMILES string of the molecule is CC/C=C/C=C/C=C/C=C\CCCCCCCC(=O)OC1C(OCC(NC(=O)C(O)CCCCCCCCCC/C=C\C/C=C\CCCCC)C(O)/C=C/CCCCCCCCCCCC)OC(CO)C(O)C1O. The molecule has 1 rings (SSSR count). The lowest BCUT2D eigenvalue weighted by Gasteiger charge is -2.41. The molecular formula is C63H109NO10. The molecule has 0 aromatic rings. The predicted molar refractivity (Wildman–Crippen MR) is 306 cm³/mol. The van der Waals surface area contributed by atoms with Crippen molar-refractivity contribution in [3.8, 4) is 0 Å². The molecule has 0 spiro atoms. The summed E-state index contributed by atoms with van der Waals surface area (Å²) in [5.74, 6) is -1.23. The predicted octanol–water partition coefficient (Wildman–Crippen LogP) is 13.8. The zero-order valence-electron chi connectivity index (χ0n) is 46.9. The number of hydrogen-bond acceptors (Lipinski definition) is 10. The second-order valence-electron chi connectivity index (χ2n) is 20.4. The number of carbonyl (C=O) groups is 2. The maximum Gasteiger partial charge on any atom is 0.306 e. The Hall–Kier alpha value is -3.16. The maximum absolute atomic E-state index is 13.4. The van der Waals surface area contributed by atoms with Crippen LogP contribution in [0.15, 0.2) is 85.1 Å². The molecule has 6 N–H and O–H groups in total. The standard InChI is InChI=1S/C63H109NO10/c1-4-7-10-13-16-19-22-25-27-28-29-31-32-35-38-41-44-47-50-56(67)62(71)64-54(55(66)49-46-43-40-37-34-24-21-18-15-12-9-6-3)53-72-63-61(60(70)59(69)57(52-65)73-63)74-58(68)51-48-45-42-39-36-33-30-26-23-20-17-14-11-8-5-2/h8,11,14,16-17,19-20,23,25-27,30,46,49,54-57,59-61,63,65-67,69-70H,4-7,9-10,12-13,15,18,21-22,24,28-29,31-45,47-48,50-53H2,1-3H3,(H,64,71)/b11-8+,17-14+,19-16-,23-20+,27-25-,30-26-,49-46+. The molecule has 8 atom stereocenters. The molecule has 0 aliphatic carbocycles. The summed E-state index contributed by atoms with van der Waals surface area (Å²) in [6, 6.07) is -1.03. The van der Waals surface area contributed by atoms with Crippen LogP contribution in [0.4, 0.5) is 0 Å². The summed E-state index contributed by atoms with van der Waals surface area (Å²) in [5.41, 5.74) is 0. The third-order valence-corrected chi connectivity index (χ3v) is 13.6. The molecule has 74 heavy (non-hydrogen) atoms. The summed E-state index contributed by atoms with van der Waals surface area (Å²) in [6.45, 7) is 5.60. The topological polar surface area (TPSA) is 175 Å². The first-order valence-electron chi connectivity index (χ1n) is 29.9. The number of hydrogen-bond donors (Lipinski definition) is 6. The van der Waals surface area contributed by atoms with Gasteiger partial charge in [0.05, 0.1) is 25.4 Å². The fraction of sp³-hybridized carbons (Fsp3) is 0.746. The van der Waals surface area contributed by atoms with E-state index in [0.717, 1.165) is 89.9 Å². The Morgan fingerprint density at radius 3 is 1.59 bits per heavy atom. The van der Waals surface area contributed by atoms with E-state index in [1.165, 1.54) is 103 Å². The zero-order chi connectivity index (χ0) is 54.0. The van der Waals surface area contributed by atoms with Crippen LogP contribution in [0.25, 0.3) is 0 Å². The highest BCUT2D eigenvalue weighted by atomic mass is 16.7. The lowest BCUT2D eigenvalue weighted by atomic mass is 9.99. The van der Waals surface area contributed by atoms with Gasteiger partial charge in [0.2, 0.25) is 5.91 Å². The van der Waals surface area contributed by atoms with E-state index < -0.39 is 67.4 Å². The van der Waals surface area contributed by atoms with E-state index in [2.05, 4.69) is 62.5 Å². The molecule has 1 fully saturated rings. The van der Waals surface area contributed by atoms with E-state index in [4.69, 9.17) is 14.2 Å². The number of rotatable bonds is 49. The van der Waals surface area contributed by atoms with Crippen molar-refractivity contribution in [3.05, 3.63) is 85.1 Å². The van der Waals surface area contributed by atoms with Gasteiger partial charge in [0.25, 0.3) is 0 Å². The van der Waals surface area contributed by atoms with Gasteiger partial charge in [-0.05, 0) is 77.0 Å². The lowest BCUT2D eigenvalue weighted by molar-refractivity contribution is -0.305. The first kappa shape index (κ1) is 68.9. The lowest BCUT2D eigenvalue weighted by Crippen LogP contribution is -2.61. The molecule has 8 unspecified atom stereocenters. The zero-order valence-corrected chi connectivity index (χ0v) is 46.9. The van der Waals surface area contributed by atoms with Crippen LogP contribution in [0.1, 0.15) is 239 Å². The fourth-order valence-corrected chi connectivity index (χ4v) is 8.87. The molecule has 11 nitrogen and oxygen atoms in total. The van der Waals surface area contributed by atoms with Gasteiger partial charge in [-0.25, -0.2) is 0 Å². The van der Waals surface area contributed by atoms with Gasteiger partial charge >= 0.3 is 5.97 Å². The first-order chi connectivity index (χ1) is 36.2. The average molecular weight is 1040 g/mol. The van der Waals surface area contributed by atoms with Crippen molar-refractivity contribution in [2.75, 3.05) is 13.2 Å². The quantitative estimate of drug-likeness (QED) is 0.0149. The Kier molecular flexibility index (Phi) is 47.1. The molecule has 0 aromatic heterocycles. The van der Waals surface area contributed by atoms with Crippen LogP contribution in [-0.2, 0) is 23.8 Å². The summed E-state index contributed by atoms with van der Waals surface area (Å²) in [6.07, 6.45) is 54.7. The van der Waals surface area contributed by atoms with Crippen LogP contribution in [0, 0.1) is 0 Å². The molecule has 1 aliphatic heterocycles. The number of carbonyl (C=O) groups excluding carboxylic acids is 2. The second kappa shape index (κ2) is 50.6. The minimum atomic E-state index is -1.63. The highest BCUT2D eigenvalue weighted by Crippen LogP contribution is 2.26. The van der Waals surface area contributed by atoms with Gasteiger partial charge in [0.15, 0.2) is 12.4 Å². The van der Waals surface area contributed by atoms with Gasteiger partial charge < -0.3 is 45.1 Å². The van der Waals surface area contributed by atoms with Crippen molar-refractivity contribution in [1.82, 2.24) is 5.32 Å². The number of nitrogens with one attached hydrogen (secondary N) is 1. The summed E-state index contributed by atoms with van der Waals surface area (Å²) < 4.78 is 17.6. The maximum atomic E-state index is 13.4. The van der Waals surface area contributed by atoms with Crippen molar-refractivity contribution < 1.29 is 49.3 Å². The van der Waals surface area contributed by atoms with Gasteiger partial charge in [-0.15, -0.1) is 0 Å². The Balaban J connectivity index is 2.72. The molecule has 11 heteroatoms. The second-order valence-corrected chi connectivity index (χ2v) is 20.4. The Morgan fingerprint density at radius 1 is 0.554 bits per heavy atom. The highest BCUT2D eigenvalue weighted by molar-refractivity contribution is 5.80. The molecule has 0 bridgehead atoms. The summed E-state index contributed by atoms with van der Waals surface area (Å²) >= 11 is 0. The van der Waals surface area contributed by atoms with E-state index in [-0.39, 0.29) is 19.4 Å². The van der Waals surface area contributed by atoms with Gasteiger partial charge in [-0.3, -0.25) is 9.59 Å². The van der Waals surface area contributed by atoms with Crippen LogP contribution < -0.4 is 5.32 Å². The van der Waals surface area contributed by atoms with Gasteiger partial charge in [0.1, 0.15) is 24.4 Å². The Labute approximate surface area is 451 Å². The van der Waals surface area contributed by atoms with Crippen molar-refractivity contribution in [1.29, 1.82) is 0 Å². The number of ether oxygens (including phenoxy) is 3. The molecule has 0 saturated carbocycles. The molecule has 1 heterocycles. The van der Waals surface area contributed by atoms with Crippen molar-refractivity contribution in [2.24, 2.45) is 0 Å². The van der Waals surface area contributed by atoms with Crippen molar-refractivity contribution in [3.63, 3.8) is 0 Å². The number of aliphatic hydroxyl groups excluding tert-OH is 5. The minimum Gasteiger partial charge on any atom is -0.454 e. The van der Waals surface area contributed by atoms with E-state index in [1.807, 2.05) is 42.5 Å². The molecule has 1 aliphatic rings. The number of aliphatic hydroxyl groups is 5. The molecular weight excluding hydrogens is 931 g/mol. The molecule has 1 amide bonds. The fourth-order valence-electron chi connectivity index (χ4n) is 8.87. The molecule has 0 aromatic carbocycles. The van der Waals surface area contributed by atoms with Crippen molar-refractivity contribution >= 4 is 11.9 Å². The van der Waals surface area contributed by atoms with E-state index in [0.29, 0.717) is 12.8 Å². The van der Waals surface area contributed by atoms with E-state index in [1.54, 1.807) is 6.08 Å². The van der Waals surface area contributed by atoms with Gasteiger partial charge in [-0.1, -0.05) is 241 Å². The largest absolute Gasteiger partial charge is 0.454 e. The number of allylic oxidation sites excluding steroid dienone is 13. The number of esters is 1. The minimum absolute atomic E-state index is 0.0934. The number of unbranched alkanes of at least 4 members (excludes halogenated alkanes) is 26. The molecule has 0 radical (unpaired) electrons. The van der Waals surface area contributed by atoms with Crippen molar-refractivity contribution in [2.45, 2.75) is 288 Å². The first-order valence-corrected chi connectivity index (χ1v) is 29.9. The number of amides is 1. The highest BCUT2D eigenvalue weighted by Gasteiger charge is 2.47. The van der Waals surface area contributed by atoms with Crippen LogP contribution in [-0.4, -0.2) is 99.6 Å². The van der Waals surface area contributed by atoms with E-state index >= 15 is 0 Å². The summed E-state index contributed by atoms with van der Waals surface area (Å²) in [7, 11) is 0. The normalized spacial score (nSPS) is 19.9. The summed E-state index contributed by atoms with van der Waals surface area (Å²) in [4.78, 5) is 26.5. The molecule has 1 saturated heterocycles. The van der Waals surface area contributed by atoms with Crippen LogP contribution in [0.5, 0.6) is 0 Å². The average Bonchev–Trinajstić information content (AvgIpc) is 3.40.